The fraction of sp³-hybridized carbons (Fsp3) is 0.222. The molecule has 0 amide bonds. The fourth-order valence-electron chi connectivity index (χ4n) is 2.20. The molecule has 0 saturated carbocycles. The van der Waals surface area contributed by atoms with Gasteiger partial charge in [0.05, 0.1) is 6.20 Å². The molecule has 124 valence electrons. The molecule has 4 nitrogen and oxygen atoms in total. The molecule has 0 N–H and O–H groups in total. The van der Waals surface area contributed by atoms with Gasteiger partial charge in [-0.25, -0.2) is 9.37 Å². The highest BCUT2D eigenvalue weighted by Crippen LogP contribution is 2.21. The summed E-state index contributed by atoms with van der Waals surface area (Å²) in [6.07, 6.45) is 3.53. The summed E-state index contributed by atoms with van der Waals surface area (Å²) in [5.74, 6) is 0.253. The zero-order valence-electron chi connectivity index (χ0n) is 12.9. The van der Waals surface area contributed by atoms with E-state index in [1.165, 1.54) is 23.2 Å². The van der Waals surface area contributed by atoms with Gasteiger partial charge in [0.1, 0.15) is 5.82 Å². The first-order valence-electron chi connectivity index (χ1n) is 7.59. The van der Waals surface area contributed by atoms with Gasteiger partial charge in [-0.2, -0.15) is 0 Å². The molecule has 1 aromatic carbocycles. The number of oxazole rings is 1. The van der Waals surface area contributed by atoms with E-state index in [4.69, 9.17) is 9.15 Å². The normalized spacial score (nSPS) is 10.7. The number of ether oxygens (including phenoxy) is 1. The average molecular weight is 345 g/mol. The summed E-state index contributed by atoms with van der Waals surface area (Å²) in [6, 6.07) is 9.97. The highest BCUT2D eigenvalue weighted by molar-refractivity contribution is 7.09. The number of hydrogen-bond donors (Lipinski definition) is 0. The number of nitrogens with zero attached hydrogens (tertiary/aromatic N) is 1. The van der Waals surface area contributed by atoms with Gasteiger partial charge in [0.15, 0.2) is 12.4 Å². The Bertz CT molecular complexity index is 781. The van der Waals surface area contributed by atoms with Crippen molar-refractivity contribution in [3.8, 4) is 11.3 Å². The van der Waals surface area contributed by atoms with Crippen LogP contribution in [0.5, 0.6) is 0 Å². The Balaban J connectivity index is 1.44. The predicted molar refractivity (Wildman–Crippen MR) is 89.0 cm³/mol. The van der Waals surface area contributed by atoms with E-state index in [1.54, 1.807) is 23.5 Å². The summed E-state index contributed by atoms with van der Waals surface area (Å²) in [6.45, 7) is -0.000962. The summed E-state index contributed by atoms with van der Waals surface area (Å²) in [4.78, 5) is 17.1. The summed E-state index contributed by atoms with van der Waals surface area (Å²) in [5, 5.41) is 2.02. The van der Waals surface area contributed by atoms with Crippen LogP contribution < -0.4 is 0 Å². The van der Waals surface area contributed by atoms with Crippen molar-refractivity contribution in [3.05, 3.63) is 64.6 Å². The van der Waals surface area contributed by atoms with Crippen LogP contribution in [0.1, 0.15) is 23.6 Å². The second-order valence-electron chi connectivity index (χ2n) is 5.22. The monoisotopic (exact) mass is 345 g/mol. The van der Waals surface area contributed by atoms with Gasteiger partial charge in [-0.15, -0.1) is 11.3 Å². The zero-order valence-corrected chi connectivity index (χ0v) is 13.7. The summed E-state index contributed by atoms with van der Waals surface area (Å²) in [7, 11) is 0. The maximum absolute atomic E-state index is 12.9. The molecule has 3 rings (SSSR count). The van der Waals surface area contributed by atoms with Gasteiger partial charge in [0.2, 0.25) is 5.89 Å². The molecule has 0 radical (unpaired) electrons. The molecule has 0 atom stereocenters. The molecular weight excluding hydrogens is 329 g/mol. The Morgan fingerprint density at radius 2 is 2.08 bits per heavy atom. The van der Waals surface area contributed by atoms with E-state index >= 15 is 0 Å². The summed E-state index contributed by atoms with van der Waals surface area (Å²) < 4.78 is 23.6. The van der Waals surface area contributed by atoms with Crippen LogP contribution in [-0.2, 0) is 22.6 Å². The van der Waals surface area contributed by atoms with E-state index in [9.17, 15) is 9.18 Å². The van der Waals surface area contributed by atoms with Crippen molar-refractivity contribution in [2.75, 3.05) is 0 Å². The van der Waals surface area contributed by atoms with Crippen molar-refractivity contribution in [1.82, 2.24) is 4.98 Å². The molecule has 6 heteroatoms. The number of thiophene rings is 1. The molecule has 2 aromatic heterocycles. The van der Waals surface area contributed by atoms with Crippen LogP contribution in [0.3, 0.4) is 0 Å². The van der Waals surface area contributed by atoms with Gasteiger partial charge in [-0.1, -0.05) is 6.07 Å². The number of benzene rings is 1. The van der Waals surface area contributed by atoms with Crippen molar-refractivity contribution in [1.29, 1.82) is 0 Å². The number of carbonyl (C=O) groups is 1. The zero-order chi connectivity index (χ0) is 16.8. The van der Waals surface area contributed by atoms with Crippen LogP contribution in [0.25, 0.3) is 11.3 Å². The third-order valence-corrected chi connectivity index (χ3v) is 4.36. The second-order valence-corrected chi connectivity index (χ2v) is 6.25. The molecule has 0 aliphatic heterocycles. The van der Waals surface area contributed by atoms with Crippen molar-refractivity contribution < 1.29 is 18.3 Å². The van der Waals surface area contributed by atoms with E-state index < -0.39 is 0 Å². The van der Waals surface area contributed by atoms with Crippen molar-refractivity contribution >= 4 is 17.3 Å². The first-order chi connectivity index (χ1) is 11.7. The van der Waals surface area contributed by atoms with Crippen LogP contribution in [0.15, 0.2) is 52.4 Å². The lowest BCUT2D eigenvalue weighted by atomic mass is 10.2. The lowest BCUT2D eigenvalue weighted by Crippen LogP contribution is -2.04. The SMILES string of the molecule is O=C(CCCc1cccs1)OCc1ncc(-c2ccc(F)cc2)o1. The number of halogens is 1. The van der Waals surface area contributed by atoms with E-state index in [-0.39, 0.29) is 18.4 Å². The number of rotatable bonds is 7. The second kappa shape index (κ2) is 7.88. The Morgan fingerprint density at radius 3 is 2.83 bits per heavy atom. The number of aromatic nitrogens is 1. The maximum Gasteiger partial charge on any atom is 0.306 e. The molecular formula is C18H16FNO3S. The highest BCUT2D eigenvalue weighted by atomic mass is 32.1. The topological polar surface area (TPSA) is 52.3 Å². The molecule has 0 fully saturated rings. The first-order valence-corrected chi connectivity index (χ1v) is 8.47. The van der Waals surface area contributed by atoms with Crippen molar-refractivity contribution in [3.63, 3.8) is 0 Å². The molecule has 0 spiro atoms. The third-order valence-electron chi connectivity index (χ3n) is 3.42. The number of hydrogen-bond acceptors (Lipinski definition) is 5. The van der Waals surface area contributed by atoms with Crippen LogP contribution in [0, 0.1) is 5.82 Å². The van der Waals surface area contributed by atoms with Gasteiger partial charge in [0, 0.05) is 16.9 Å². The van der Waals surface area contributed by atoms with Crippen LogP contribution >= 0.6 is 11.3 Å². The van der Waals surface area contributed by atoms with Gasteiger partial charge < -0.3 is 9.15 Å². The maximum atomic E-state index is 12.9. The Morgan fingerprint density at radius 1 is 1.25 bits per heavy atom. The Labute approximate surface area is 142 Å². The summed E-state index contributed by atoms with van der Waals surface area (Å²) in [5.41, 5.74) is 0.720. The van der Waals surface area contributed by atoms with Gasteiger partial charge in [0.25, 0.3) is 0 Å². The lowest BCUT2D eigenvalue weighted by Gasteiger charge is -2.02. The van der Waals surface area contributed by atoms with Crippen molar-refractivity contribution in [2.24, 2.45) is 0 Å². The minimum absolute atomic E-state index is 0.000962. The molecule has 24 heavy (non-hydrogen) atoms. The number of carbonyl (C=O) groups excluding carboxylic acids is 1. The quantitative estimate of drug-likeness (QED) is 0.587. The first kappa shape index (κ1) is 16.4. The molecule has 0 saturated heterocycles. The van der Waals surface area contributed by atoms with Gasteiger partial charge in [-0.05, 0) is 48.6 Å². The third kappa shape index (κ3) is 4.52. The van der Waals surface area contributed by atoms with E-state index in [2.05, 4.69) is 11.1 Å². The van der Waals surface area contributed by atoms with Gasteiger partial charge in [-0.3, -0.25) is 4.79 Å². The standard InChI is InChI=1S/C18H16FNO3S/c19-14-8-6-13(7-9-14)16-11-20-17(23-16)12-22-18(21)5-1-3-15-4-2-10-24-15/h2,4,6-11H,1,3,5,12H2. The Hall–Kier alpha value is -2.47. The van der Waals surface area contributed by atoms with Gasteiger partial charge >= 0.3 is 5.97 Å². The molecule has 0 unspecified atom stereocenters. The molecule has 0 bridgehead atoms. The predicted octanol–water partition coefficient (Wildman–Crippen LogP) is 4.61. The molecule has 0 aliphatic carbocycles. The Kier molecular flexibility index (Phi) is 5.38. The average Bonchev–Trinajstić information content (AvgIpc) is 3.25. The largest absolute Gasteiger partial charge is 0.456 e. The van der Waals surface area contributed by atoms with E-state index in [0.29, 0.717) is 18.1 Å². The minimum atomic E-state index is -0.310. The number of esters is 1. The molecule has 0 aliphatic rings. The van der Waals surface area contributed by atoms with E-state index in [0.717, 1.165) is 18.4 Å². The minimum Gasteiger partial charge on any atom is -0.456 e. The van der Waals surface area contributed by atoms with Crippen LogP contribution in [-0.4, -0.2) is 11.0 Å². The van der Waals surface area contributed by atoms with E-state index in [1.807, 2.05) is 11.4 Å². The fourth-order valence-corrected chi connectivity index (χ4v) is 2.95. The molecule has 2 heterocycles. The number of aryl methyl sites for hydroxylation is 1. The summed E-state index contributed by atoms with van der Waals surface area (Å²) >= 11 is 1.69. The highest BCUT2D eigenvalue weighted by Gasteiger charge is 2.10. The van der Waals surface area contributed by atoms with Crippen molar-refractivity contribution in [2.45, 2.75) is 25.9 Å². The van der Waals surface area contributed by atoms with Crippen LogP contribution in [0.4, 0.5) is 4.39 Å². The molecule has 3 aromatic rings. The lowest BCUT2D eigenvalue weighted by molar-refractivity contribution is -0.145. The van der Waals surface area contributed by atoms with Crippen LogP contribution in [0.2, 0.25) is 0 Å². The smallest absolute Gasteiger partial charge is 0.306 e.